The number of hydrogen-bond donors (Lipinski definition) is 0. The Bertz CT molecular complexity index is 561. The van der Waals surface area contributed by atoms with Gasteiger partial charge in [-0.15, -0.1) is 0 Å². The summed E-state index contributed by atoms with van der Waals surface area (Å²) in [5.41, 5.74) is 3.12. The molecule has 0 amide bonds. The van der Waals surface area contributed by atoms with Crippen LogP contribution in [0.15, 0.2) is 18.2 Å². The van der Waals surface area contributed by atoms with Crippen LogP contribution >= 0.6 is 0 Å². The molecule has 138 valence electrons. The molecule has 2 aliphatic heterocycles. The Labute approximate surface area is 153 Å². The predicted molar refractivity (Wildman–Crippen MR) is 103 cm³/mol. The van der Waals surface area contributed by atoms with Crippen molar-refractivity contribution < 1.29 is 4.74 Å². The molecule has 0 saturated carbocycles. The topological polar surface area (TPSA) is 15.7 Å². The number of likely N-dealkylation sites (tertiary alicyclic amines) is 2. The standard InChI is InChI=1S/C22H34N2O/c1-18(17-23-12-4-5-13-23)25-20-11-10-19-8-2-3-9-22(21(19)16-20)24-14-6-7-15-24/h10-11,16,18,22H,2-9,12-15,17H2,1H3. The van der Waals surface area contributed by atoms with Gasteiger partial charge in [-0.2, -0.15) is 0 Å². The van der Waals surface area contributed by atoms with Gasteiger partial charge in [0.1, 0.15) is 11.9 Å². The fourth-order valence-corrected chi connectivity index (χ4v) is 5.02. The fraction of sp³-hybridized carbons (Fsp3) is 0.727. The highest BCUT2D eigenvalue weighted by atomic mass is 16.5. The molecule has 2 saturated heterocycles. The molecule has 3 heteroatoms. The molecule has 0 aromatic heterocycles. The van der Waals surface area contributed by atoms with Crippen LogP contribution in [0.4, 0.5) is 0 Å². The largest absolute Gasteiger partial charge is 0.489 e. The minimum atomic E-state index is 0.271. The van der Waals surface area contributed by atoms with Crippen LogP contribution in [0, 0.1) is 0 Å². The molecule has 0 bridgehead atoms. The van der Waals surface area contributed by atoms with Gasteiger partial charge in [-0.3, -0.25) is 9.80 Å². The zero-order chi connectivity index (χ0) is 17.1. The maximum absolute atomic E-state index is 6.33. The molecule has 1 aromatic rings. The van der Waals surface area contributed by atoms with Crippen molar-refractivity contribution in [2.75, 3.05) is 32.7 Å². The van der Waals surface area contributed by atoms with Crippen LogP contribution in [0.2, 0.25) is 0 Å². The van der Waals surface area contributed by atoms with E-state index in [1.54, 1.807) is 11.1 Å². The summed E-state index contributed by atoms with van der Waals surface area (Å²) < 4.78 is 6.33. The summed E-state index contributed by atoms with van der Waals surface area (Å²) in [5.74, 6) is 1.08. The summed E-state index contributed by atoms with van der Waals surface area (Å²) in [4.78, 5) is 5.27. The molecular weight excluding hydrogens is 308 g/mol. The van der Waals surface area contributed by atoms with Crippen LogP contribution in [-0.4, -0.2) is 48.6 Å². The van der Waals surface area contributed by atoms with E-state index in [1.165, 1.54) is 77.5 Å². The highest BCUT2D eigenvalue weighted by Crippen LogP contribution is 2.37. The Morgan fingerprint density at radius 2 is 1.76 bits per heavy atom. The van der Waals surface area contributed by atoms with Gasteiger partial charge in [0.15, 0.2) is 0 Å². The first-order valence-corrected chi connectivity index (χ1v) is 10.6. The molecule has 3 nitrogen and oxygen atoms in total. The van der Waals surface area contributed by atoms with Gasteiger partial charge in [0, 0.05) is 12.6 Å². The fourth-order valence-electron chi connectivity index (χ4n) is 5.02. The predicted octanol–water partition coefficient (Wildman–Crippen LogP) is 4.41. The van der Waals surface area contributed by atoms with E-state index < -0.39 is 0 Å². The molecule has 2 fully saturated rings. The normalized spacial score (nSPS) is 26.4. The first-order valence-electron chi connectivity index (χ1n) is 10.6. The summed E-state index contributed by atoms with van der Waals surface area (Å²) in [5, 5.41) is 0. The van der Waals surface area contributed by atoms with Crippen LogP contribution in [-0.2, 0) is 6.42 Å². The molecule has 0 radical (unpaired) electrons. The summed E-state index contributed by atoms with van der Waals surface area (Å²) in [6.45, 7) is 8.33. The van der Waals surface area contributed by atoms with Gasteiger partial charge in [0.05, 0.1) is 0 Å². The van der Waals surface area contributed by atoms with E-state index in [9.17, 15) is 0 Å². The molecule has 3 aliphatic rings. The van der Waals surface area contributed by atoms with Crippen molar-refractivity contribution in [3.8, 4) is 5.75 Å². The van der Waals surface area contributed by atoms with E-state index in [0.717, 1.165) is 12.3 Å². The van der Waals surface area contributed by atoms with Crippen molar-refractivity contribution in [1.29, 1.82) is 0 Å². The maximum atomic E-state index is 6.33. The number of benzene rings is 1. The Morgan fingerprint density at radius 1 is 1.00 bits per heavy atom. The van der Waals surface area contributed by atoms with Gasteiger partial charge < -0.3 is 4.74 Å². The molecule has 2 unspecified atom stereocenters. The molecule has 2 atom stereocenters. The monoisotopic (exact) mass is 342 g/mol. The van der Waals surface area contributed by atoms with E-state index in [1.807, 2.05) is 0 Å². The molecular formula is C22H34N2O. The first kappa shape index (κ1) is 17.4. The summed E-state index contributed by atoms with van der Waals surface area (Å²) in [6, 6.07) is 7.56. The quantitative estimate of drug-likeness (QED) is 0.737. The van der Waals surface area contributed by atoms with E-state index in [2.05, 4.69) is 34.9 Å². The summed E-state index contributed by atoms with van der Waals surface area (Å²) in [6.07, 6.45) is 11.0. The molecule has 1 aliphatic carbocycles. The van der Waals surface area contributed by atoms with Gasteiger partial charge >= 0.3 is 0 Å². The first-order chi connectivity index (χ1) is 12.3. The molecule has 0 N–H and O–H groups in total. The summed E-state index contributed by atoms with van der Waals surface area (Å²) >= 11 is 0. The Balaban J connectivity index is 1.48. The SMILES string of the molecule is CC(CN1CCCC1)Oc1ccc2c(c1)C(N1CCCC1)CCCC2. The van der Waals surface area contributed by atoms with E-state index >= 15 is 0 Å². The average molecular weight is 343 g/mol. The number of nitrogens with zero attached hydrogens (tertiary/aromatic N) is 2. The Kier molecular flexibility index (Phi) is 5.62. The van der Waals surface area contributed by atoms with Crippen LogP contribution in [0.3, 0.4) is 0 Å². The van der Waals surface area contributed by atoms with Gasteiger partial charge in [-0.05, 0) is 101 Å². The number of rotatable bonds is 5. The van der Waals surface area contributed by atoms with E-state index in [-0.39, 0.29) is 6.10 Å². The van der Waals surface area contributed by atoms with Gasteiger partial charge in [-0.25, -0.2) is 0 Å². The second-order valence-corrected chi connectivity index (χ2v) is 8.30. The smallest absolute Gasteiger partial charge is 0.120 e. The lowest BCUT2D eigenvalue weighted by molar-refractivity contribution is 0.161. The second-order valence-electron chi connectivity index (χ2n) is 8.30. The highest BCUT2D eigenvalue weighted by molar-refractivity contribution is 5.39. The Hall–Kier alpha value is -1.06. The number of hydrogen-bond acceptors (Lipinski definition) is 3. The zero-order valence-corrected chi connectivity index (χ0v) is 15.9. The minimum Gasteiger partial charge on any atom is -0.489 e. The van der Waals surface area contributed by atoms with Crippen molar-refractivity contribution in [2.24, 2.45) is 0 Å². The summed E-state index contributed by atoms with van der Waals surface area (Å²) in [7, 11) is 0. The van der Waals surface area contributed by atoms with Crippen molar-refractivity contribution >= 4 is 0 Å². The third-order valence-electron chi connectivity index (χ3n) is 6.28. The molecule has 25 heavy (non-hydrogen) atoms. The van der Waals surface area contributed by atoms with E-state index in [0.29, 0.717) is 6.04 Å². The number of fused-ring (bicyclic) bond motifs is 1. The molecule has 4 rings (SSSR count). The van der Waals surface area contributed by atoms with Crippen LogP contribution < -0.4 is 4.74 Å². The minimum absolute atomic E-state index is 0.271. The van der Waals surface area contributed by atoms with Gasteiger partial charge in [0.25, 0.3) is 0 Å². The number of ether oxygens (including phenoxy) is 1. The Morgan fingerprint density at radius 3 is 2.56 bits per heavy atom. The van der Waals surface area contributed by atoms with Gasteiger partial charge in [-0.1, -0.05) is 12.5 Å². The van der Waals surface area contributed by atoms with E-state index in [4.69, 9.17) is 4.74 Å². The number of aryl methyl sites for hydroxylation is 1. The van der Waals surface area contributed by atoms with Crippen molar-refractivity contribution in [3.05, 3.63) is 29.3 Å². The van der Waals surface area contributed by atoms with Crippen LogP contribution in [0.5, 0.6) is 5.75 Å². The average Bonchev–Trinajstić information content (AvgIpc) is 3.27. The van der Waals surface area contributed by atoms with Crippen molar-refractivity contribution in [1.82, 2.24) is 9.80 Å². The lowest BCUT2D eigenvalue weighted by Gasteiger charge is -2.29. The highest BCUT2D eigenvalue weighted by Gasteiger charge is 2.27. The lowest BCUT2D eigenvalue weighted by atomic mass is 9.97. The molecule has 1 aromatic carbocycles. The zero-order valence-electron chi connectivity index (χ0n) is 15.9. The van der Waals surface area contributed by atoms with Crippen LogP contribution in [0.1, 0.15) is 69.0 Å². The third kappa shape index (κ3) is 4.20. The van der Waals surface area contributed by atoms with Crippen LogP contribution in [0.25, 0.3) is 0 Å². The van der Waals surface area contributed by atoms with Crippen molar-refractivity contribution in [2.45, 2.75) is 70.4 Å². The molecule has 2 heterocycles. The third-order valence-corrected chi connectivity index (χ3v) is 6.28. The maximum Gasteiger partial charge on any atom is 0.120 e. The van der Waals surface area contributed by atoms with Gasteiger partial charge in [0.2, 0.25) is 0 Å². The second kappa shape index (κ2) is 8.09. The lowest BCUT2D eigenvalue weighted by Crippen LogP contribution is -2.31. The van der Waals surface area contributed by atoms with Crippen molar-refractivity contribution in [3.63, 3.8) is 0 Å². The molecule has 0 spiro atoms.